The van der Waals surface area contributed by atoms with Crippen LogP contribution in [0.15, 0.2) is 66.7 Å². The first kappa shape index (κ1) is 21.5. The predicted molar refractivity (Wildman–Crippen MR) is 95.2 cm³/mol. The van der Waals surface area contributed by atoms with Crippen molar-refractivity contribution in [2.75, 3.05) is 7.11 Å². The first-order valence-corrected chi connectivity index (χ1v) is 7.97. The molecule has 1 N–H and O–H groups in total. The zero-order chi connectivity index (χ0) is 18.5. The van der Waals surface area contributed by atoms with Crippen molar-refractivity contribution in [3.8, 4) is 28.4 Å². The van der Waals surface area contributed by atoms with Crippen LogP contribution < -0.4 is 66.0 Å². The van der Waals surface area contributed by atoms with Gasteiger partial charge >= 0.3 is 51.4 Å². The minimum Gasteiger partial charge on any atom is -0.545 e. The second-order valence-corrected chi connectivity index (χ2v) is 5.68. The minimum absolute atomic E-state index is 0. The van der Waals surface area contributed by atoms with Gasteiger partial charge in [-0.3, -0.25) is 0 Å². The van der Waals surface area contributed by atoms with Gasteiger partial charge in [-0.15, -0.1) is 0 Å². The summed E-state index contributed by atoms with van der Waals surface area (Å²) < 4.78 is 10.9. The number of phenols is 1. The molecule has 0 spiro atoms. The summed E-state index contributed by atoms with van der Waals surface area (Å²) >= 11 is 0. The van der Waals surface area contributed by atoms with Gasteiger partial charge in [-0.2, -0.15) is 0 Å². The number of aromatic carboxylic acids is 1. The van der Waals surface area contributed by atoms with Crippen LogP contribution in [-0.4, -0.2) is 18.2 Å². The first-order valence-electron chi connectivity index (χ1n) is 7.97. The molecule has 0 radical (unpaired) electrons. The molecule has 0 saturated heterocycles. The molecule has 5 nitrogen and oxygen atoms in total. The fourth-order valence-electron chi connectivity index (χ4n) is 2.52. The van der Waals surface area contributed by atoms with E-state index in [-0.39, 0.29) is 62.7 Å². The molecule has 0 unspecified atom stereocenters. The van der Waals surface area contributed by atoms with E-state index in [2.05, 4.69) is 0 Å². The van der Waals surface area contributed by atoms with Crippen LogP contribution in [0.4, 0.5) is 0 Å². The molecule has 0 aliphatic rings. The first-order chi connectivity index (χ1) is 12.6. The number of carboxylic acid groups (broad SMARTS) is 1. The largest absolute Gasteiger partial charge is 1.00 e. The Bertz CT molecular complexity index is 905. The molecule has 0 amide bonds. The van der Waals surface area contributed by atoms with Gasteiger partial charge in [-0.25, -0.2) is 0 Å². The number of hydrogen-bond donors (Lipinski definition) is 1. The molecule has 3 aromatic rings. The van der Waals surface area contributed by atoms with Crippen molar-refractivity contribution in [1.82, 2.24) is 0 Å². The Morgan fingerprint density at radius 2 is 1.52 bits per heavy atom. The van der Waals surface area contributed by atoms with Crippen LogP contribution in [0.1, 0.15) is 15.9 Å². The topological polar surface area (TPSA) is 78.8 Å². The zero-order valence-electron chi connectivity index (χ0n) is 15.1. The maximum Gasteiger partial charge on any atom is 1.00 e. The fourth-order valence-corrected chi connectivity index (χ4v) is 2.52. The molecule has 0 bridgehead atoms. The van der Waals surface area contributed by atoms with Gasteiger partial charge in [0.15, 0.2) is 0 Å². The number of hydrogen-bond acceptors (Lipinski definition) is 5. The number of methoxy groups -OCH3 is 1. The third-order valence-electron chi connectivity index (χ3n) is 3.97. The van der Waals surface area contributed by atoms with Crippen molar-refractivity contribution >= 4 is 5.97 Å². The van der Waals surface area contributed by atoms with Gasteiger partial charge in [0.05, 0.1) is 13.1 Å². The van der Waals surface area contributed by atoms with Crippen LogP contribution in [0.5, 0.6) is 17.2 Å². The number of rotatable bonds is 6. The Kier molecular flexibility index (Phi) is 7.88. The molecular formula is C21H17KO5. The molecule has 0 atom stereocenters. The Hall–Kier alpha value is -1.83. The molecule has 0 aliphatic carbocycles. The van der Waals surface area contributed by atoms with E-state index in [4.69, 9.17) is 9.47 Å². The van der Waals surface area contributed by atoms with Crippen LogP contribution in [0.25, 0.3) is 11.1 Å². The van der Waals surface area contributed by atoms with Crippen molar-refractivity contribution in [2.45, 2.75) is 6.61 Å². The molecule has 27 heavy (non-hydrogen) atoms. The molecule has 132 valence electrons. The van der Waals surface area contributed by atoms with E-state index < -0.39 is 5.97 Å². The number of aromatic hydroxyl groups is 1. The molecule has 3 aromatic carbocycles. The number of benzene rings is 3. The Morgan fingerprint density at radius 1 is 0.926 bits per heavy atom. The maximum atomic E-state index is 10.8. The number of ether oxygens (including phenoxy) is 2. The molecule has 0 heterocycles. The van der Waals surface area contributed by atoms with Crippen LogP contribution in [0.2, 0.25) is 0 Å². The van der Waals surface area contributed by atoms with E-state index in [0.717, 1.165) is 16.9 Å². The number of carbonyl (C=O) groups is 1. The average Bonchev–Trinajstić information content (AvgIpc) is 2.67. The van der Waals surface area contributed by atoms with Gasteiger partial charge in [0.1, 0.15) is 23.9 Å². The van der Waals surface area contributed by atoms with Crippen molar-refractivity contribution in [3.05, 3.63) is 77.9 Å². The molecular weight excluding hydrogens is 371 g/mol. The van der Waals surface area contributed by atoms with E-state index in [9.17, 15) is 15.0 Å². The second kappa shape index (κ2) is 9.92. The van der Waals surface area contributed by atoms with Crippen LogP contribution >= 0.6 is 0 Å². The van der Waals surface area contributed by atoms with Gasteiger partial charge in [0, 0.05) is 5.56 Å². The van der Waals surface area contributed by atoms with E-state index in [0.29, 0.717) is 17.9 Å². The van der Waals surface area contributed by atoms with E-state index in [1.165, 1.54) is 12.1 Å². The van der Waals surface area contributed by atoms with E-state index >= 15 is 0 Å². The number of carbonyl (C=O) groups excluding carboxylic acids is 1. The summed E-state index contributed by atoms with van der Waals surface area (Å²) in [5.74, 6) is -0.218. The summed E-state index contributed by atoms with van der Waals surface area (Å²) in [5.41, 5.74) is 2.34. The Morgan fingerprint density at radius 3 is 2.07 bits per heavy atom. The fraction of sp³-hybridized carbons (Fsp3) is 0.0952. The molecule has 0 aromatic heterocycles. The molecule has 3 rings (SSSR count). The maximum absolute atomic E-state index is 10.8. The average molecular weight is 388 g/mol. The summed E-state index contributed by atoms with van der Waals surface area (Å²) in [7, 11) is 1.62. The smallest absolute Gasteiger partial charge is 0.545 e. The molecule has 6 heteroatoms. The summed E-state index contributed by atoms with van der Waals surface area (Å²) in [4.78, 5) is 10.8. The van der Waals surface area contributed by atoms with Crippen molar-refractivity contribution in [3.63, 3.8) is 0 Å². The second-order valence-electron chi connectivity index (χ2n) is 5.68. The quantitative estimate of drug-likeness (QED) is 0.602. The van der Waals surface area contributed by atoms with Crippen LogP contribution in [0, 0.1) is 0 Å². The summed E-state index contributed by atoms with van der Waals surface area (Å²) in [6, 6.07) is 19.3. The summed E-state index contributed by atoms with van der Waals surface area (Å²) in [5, 5.41) is 20.6. The Balaban J connectivity index is 0.00000261. The minimum atomic E-state index is -1.41. The zero-order valence-corrected chi connectivity index (χ0v) is 18.3. The SMILES string of the molecule is COc1ccc(COc2ccc(-c3ccc(C(=O)[O-])c(O)c3)cc2)cc1.[K+]. The number of carboxylic acids is 1. The molecule has 0 fully saturated rings. The van der Waals surface area contributed by atoms with Gasteiger partial charge < -0.3 is 24.5 Å². The summed E-state index contributed by atoms with van der Waals surface area (Å²) in [6.07, 6.45) is 0. The van der Waals surface area contributed by atoms with Crippen molar-refractivity contribution in [1.29, 1.82) is 0 Å². The third kappa shape index (κ3) is 5.57. The van der Waals surface area contributed by atoms with Crippen LogP contribution in [-0.2, 0) is 6.61 Å². The standard InChI is InChI=1S/C21H18O5.K/c1-25-17-7-2-14(3-8-17)13-26-18-9-4-15(5-10-18)16-6-11-19(21(23)24)20(22)12-16;/h2-12,22H,13H2,1H3,(H,23,24);/q;+1/p-1. The Labute approximate surface area is 200 Å². The van der Waals surface area contributed by atoms with Crippen molar-refractivity contribution in [2.24, 2.45) is 0 Å². The summed E-state index contributed by atoms with van der Waals surface area (Å²) in [6.45, 7) is 0.435. The van der Waals surface area contributed by atoms with Crippen LogP contribution in [0.3, 0.4) is 0 Å². The van der Waals surface area contributed by atoms with Gasteiger partial charge in [0.25, 0.3) is 0 Å². The van der Waals surface area contributed by atoms with Gasteiger partial charge in [-0.1, -0.05) is 30.3 Å². The monoisotopic (exact) mass is 388 g/mol. The molecule has 0 aliphatic heterocycles. The van der Waals surface area contributed by atoms with Crippen molar-refractivity contribution < 1.29 is 75.9 Å². The normalized spacial score (nSPS) is 9.96. The third-order valence-corrected chi connectivity index (χ3v) is 3.97. The van der Waals surface area contributed by atoms with E-state index in [1.54, 1.807) is 13.2 Å². The van der Waals surface area contributed by atoms with Gasteiger partial charge in [0.2, 0.25) is 0 Å². The molecule has 0 saturated carbocycles. The van der Waals surface area contributed by atoms with E-state index in [1.807, 2.05) is 48.5 Å². The van der Waals surface area contributed by atoms with Gasteiger partial charge in [-0.05, 0) is 53.1 Å². The predicted octanol–water partition coefficient (Wildman–Crippen LogP) is 0.0143.